The molecule has 0 spiro atoms. The number of hydrogen-bond donors (Lipinski definition) is 0. The molecule has 0 nitrogen and oxygen atoms in total. The molecule has 0 radical (unpaired) electrons. The molecular formula is C8H8. The molecule has 0 N–H and O–H groups in total. The SMILES string of the molecule is C#CC=CC(C)=C=C. The molecule has 0 atom stereocenters. The lowest BCUT2D eigenvalue weighted by Gasteiger charge is -1.76. The zero-order chi connectivity index (χ0) is 6.41. The number of hydrogen-bond acceptors (Lipinski definition) is 0. The third kappa shape index (κ3) is 3.03. The van der Waals surface area contributed by atoms with Gasteiger partial charge in [0.1, 0.15) is 0 Å². The highest BCUT2D eigenvalue weighted by Gasteiger charge is 1.69. The van der Waals surface area contributed by atoms with Crippen molar-refractivity contribution in [2.75, 3.05) is 0 Å². The summed E-state index contributed by atoms with van der Waals surface area (Å²) in [7, 11) is 0. The van der Waals surface area contributed by atoms with Crippen molar-refractivity contribution < 1.29 is 0 Å². The summed E-state index contributed by atoms with van der Waals surface area (Å²) in [6.45, 7) is 5.32. The first-order valence-electron chi connectivity index (χ1n) is 2.30. The summed E-state index contributed by atoms with van der Waals surface area (Å²) in [4.78, 5) is 0. The summed E-state index contributed by atoms with van der Waals surface area (Å²) >= 11 is 0. The van der Waals surface area contributed by atoms with E-state index in [4.69, 9.17) is 6.42 Å². The van der Waals surface area contributed by atoms with Crippen molar-refractivity contribution in [3.8, 4) is 12.3 Å². The monoisotopic (exact) mass is 104 g/mol. The van der Waals surface area contributed by atoms with Gasteiger partial charge in [0.15, 0.2) is 0 Å². The summed E-state index contributed by atoms with van der Waals surface area (Å²) in [5.41, 5.74) is 3.65. The van der Waals surface area contributed by atoms with Crippen LogP contribution in [0, 0.1) is 12.3 Å². The predicted octanol–water partition coefficient (Wildman–Crippen LogP) is 1.91. The predicted molar refractivity (Wildman–Crippen MR) is 36.3 cm³/mol. The largest absolute Gasteiger partial charge is 0.125 e. The minimum Gasteiger partial charge on any atom is -0.125 e. The highest BCUT2D eigenvalue weighted by molar-refractivity contribution is 5.21. The van der Waals surface area contributed by atoms with Crippen LogP contribution in [0.2, 0.25) is 0 Å². The molecule has 0 fully saturated rings. The van der Waals surface area contributed by atoms with Crippen LogP contribution in [0.15, 0.2) is 30.0 Å². The van der Waals surface area contributed by atoms with Crippen LogP contribution in [0.25, 0.3) is 0 Å². The standard InChI is InChI=1S/C8H8/c1-4-6-7-8(3)5-2/h1,6-7H,2H2,3H3. The zero-order valence-corrected chi connectivity index (χ0v) is 4.94. The zero-order valence-electron chi connectivity index (χ0n) is 4.94. The highest BCUT2D eigenvalue weighted by Crippen LogP contribution is 1.87. The van der Waals surface area contributed by atoms with Crippen LogP contribution in [-0.2, 0) is 0 Å². The Labute approximate surface area is 50.2 Å². The highest BCUT2D eigenvalue weighted by atomic mass is 13.7. The van der Waals surface area contributed by atoms with Crippen LogP contribution < -0.4 is 0 Å². The lowest BCUT2D eigenvalue weighted by atomic mass is 10.3. The van der Waals surface area contributed by atoms with E-state index in [1.807, 2.05) is 6.92 Å². The topological polar surface area (TPSA) is 0 Å². The Morgan fingerprint density at radius 2 is 2.38 bits per heavy atom. The number of terminal acetylenes is 1. The molecule has 0 aromatic rings. The average molecular weight is 104 g/mol. The van der Waals surface area contributed by atoms with Gasteiger partial charge in [0.25, 0.3) is 0 Å². The van der Waals surface area contributed by atoms with Gasteiger partial charge in [0.05, 0.1) is 0 Å². The second kappa shape index (κ2) is 3.99. The van der Waals surface area contributed by atoms with Gasteiger partial charge in [0.2, 0.25) is 0 Å². The second-order valence-corrected chi connectivity index (χ2v) is 1.36. The van der Waals surface area contributed by atoms with E-state index in [1.165, 1.54) is 0 Å². The molecule has 40 valence electrons. The molecule has 0 rings (SSSR count). The van der Waals surface area contributed by atoms with Crippen molar-refractivity contribution >= 4 is 0 Å². The summed E-state index contributed by atoms with van der Waals surface area (Å²) < 4.78 is 0. The van der Waals surface area contributed by atoms with Gasteiger partial charge in [-0.15, -0.1) is 12.2 Å². The first-order chi connectivity index (χ1) is 3.81. The normalized spacial score (nSPS) is 8.00. The second-order valence-electron chi connectivity index (χ2n) is 1.36. The van der Waals surface area contributed by atoms with Crippen molar-refractivity contribution in [1.29, 1.82) is 0 Å². The molecular weight excluding hydrogens is 96.1 g/mol. The molecule has 0 amide bonds. The van der Waals surface area contributed by atoms with Gasteiger partial charge in [-0.25, -0.2) is 0 Å². The van der Waals surface area contributed by atoms with E-state index in [0.717, 1.165) is 5.57 Å². The Hall–Kier alpha value is -1.18. The van der Waals surface area contributed by atoms with Crippen LogP contribution in [0.1, 0.15) is 6.92 Å². The minimum absolute atomic E-state index is 0.961. The summed E-state index contributed by atoms with van der Waals surface area (Å²) in [5.74, 6) is 2.36. The first-order valence-corrected chi connectivity index (χ1v) is 2.30. The Morgan fingerprint density at radius 1 is 1.75 bits per heavy atom. The van der Waals surface area contributed by atoms with E-state index in [0.29, 0.717) is 0 Å². The third-order valence-corrected chi connectivity index (χ3v) is 0.708. The quantitative estimate of drug-likeness (QED) is 0.271. The van der Waals surface area contributed by atoms with E-state index < -0.39 is 0 Å². The van der Waals surface area contributed by atoms with Crippen LogP contribution in [0.5, 0.6) is 0 Å². The molecule has 0 aliphatic heterocycles. The van der Waals surface area contributed by atoms with Crippen LogP contribution >= 0.6 is 0 Å². The average Bonchev–Trinajstić information content (AvgIpc) is 1.83. The van der Waals surface area contributed by atoms with Gasteiger partial charge in [-0.1, -0.05) is 12.5 Å². The molecule has 0 aromatic carbocycles. The van der Waals surface area contributed by atoms with Crippen molar-refractivity contribution in [1.82, 2.24) is 0 Å². The molecule has 0 bridgehead atoms. The van der Waals surface area contributed by atoms with E-state index in [1.54, 1.807) is 12.2 Å². The fourth-order valence-corrected chi connectivity index (χ4v) is 0.232. The van der Waals surface area contributed by atoms with Crippen LogP contribution in [0.4, 0.5) is 0 Å². The van der Waals surface area contributed by atoms with E-state index >= 15 is 0 Å². The third-order valence-electron chi connectivity index (χ3n) is 0.708. The summed E-state index contributed by atoms with van der Waals surface area (Å²) in [6, 6.07) is 0. The Bertz CT molecular complexity index is 171. The van der Waals surface area contributed by atoms with Gasteiger partial charge < -0.3 is 0 Å². The first kappa shape index (κ1) is 6.82. The molecule has 0 heterocycles. The summed E-state index contributed by atoms with van der Waals surface area (Å²) in [5, 5.41) is 0. The van der Waals surface area contributed by atoms with Crippen molar-refractivity contribution in [2.24, 2.45) is 0 Å². The van der Waals surface area contributed by atoms with Gasteiger partial charge in [0, 0.05) is 0 Å². The van der Waals surface area contributed by atoms with Gasteiger partial charge >= 0.3 is 0 Å². The van der Waals surface area contributed by atoms with Gasteiger partial charge in [-0.3, -0.25) is 0 Å². The van der Waals surface area contributed by atoms with Crippen LogP contribution in [-0.4, -0.2) is 0 Å². The van der Waals surface area contributed by atoms with Crippen molar-refractivity contribution in [3.63, 3.8) is 0 Å². The smallest absolute Gasteiger partial charge is 0.00913 e. The maximum absolute atomic E-state index is 4.93. The Morgan fingerprint density at radius 3 is 2.75 bits per heavy atom. The maximum Gasteiger partial charge on any atom is -0.00913 e. The fourth-order valence-electron chi connectivity index (χ4n) is 0.232. The van der Waals surface area contributed by atoms with Crippen LogP contribution in [0.3, 0.4) is 0 Å². The molecule has 0 heteroatoms. The lowest BCUT2D eigenvalue weighted by Crippen LogP contribution is -1.58. The fraction of sp³-hybridized carbons (Fsp3) is 0.125. The number of allylic oxidation sites excluding steroid dienone is 3. The van der Waals surface area contributed by atoms with E-state index in [2.05, 4.69) is 18.2 Å². The molecule has 0 aliphatic rings. The molecule has 0 saturated heterocycles. The van der Waals surface area contributed by atoms with E-state index in [9.17, 15) is 0 Å². The summed E-state index contributed by atoms with van der Waals surface area (Å²) in [6.07, 6.45) is 8.34. The molecule has 8 heavy (non-hydrogen) atoms. The Balaban J connectivity index is 3.95. The lowest BCUT2D eigenvalue weighted by molar-refractivity contribution is 1.55. The Kier molecular flexibility index (Phi) is 3.40. The van der Waals surface area contributed by atoms with Gasteiger partial charge in [-0.05, 0) is 24.6 Å². The molecule has 0 unspecified atom stereocenters. The van der Waals surface area contributed by atoms with Crippen molar-refractivity contribution in [2.45, 2.75) is 6.92 Å². The van der Waals surface area contributed by atoms with Crippen molar-refractivity contribution in [3.05, 3.63) is 30.0 Å². The molecule has 0 saturated carbocycles. The van der Waals surface area contributed by atoms with E-state index in [-0.39, 0.29) is 0 Å². The minimum atomic E-state index is 0.961. The number of rotatable bonds is 1. The molecule has 0 aliphatic carbocycles. The maximum atomic E-state index is 4.93. The van der Waals surface area contributed by atoms with Gasteiger partial charge in [-0.2, -0.15) is 0 Å². The molecule has 0 aromatic heterocycles.